The normalized spacial score (nSPS) is 43.2. The van der Waals surface area contributed by atoms with E-state index >= 15 is 0 Å². The molecule has 0 aromatic rings. The summed E-state index contributed by atoms with van der Waals surface area (Å²) in [5.41, 5.74) is 0. The van der Waals surface area contributed by atoms with E-state index in [0.29, 0.717) is 18.2 Å². The molecule has 3 fully saturated rings. The van der Waals surface area contributed by atoms with Crippen LogP contribution in [0, 0.1) is 5.92 Å². The van der Waals surface area contributed by atoms with E-state index in [9.17, 15) is 0 Å². The Morgan fingerprint density at radius 3 is 2.85 bits per heavy atom. The Bertz CT molecular complexity index is 309. The zero-order chi connectivity index (χ0) is 13.9. The molecular weight excluding hydrogens is 248 g/mol. The van der Waals surface area contributed by atoms with Gasteiger partial charge in [0.2, 0.25) is 0 Å². The van der Waals surface area contributed by atoms with Crippen molar-refractivity contribution in [1.29, 1.82) is 0 Å². The van der Waals surface area contributed by atoms with Crippen LogP contribution in [0.3, 0.4) is 0 Å². The van der Waals surface area contributed by atoms with Crippen molar-refractivity contribution >= 4 is 0 Å². The van der Waals surface area contributed by atoms with Gasteiger partial charge >= 0.3 is 0 Å². The molecule has 3 heteroatoms. The van der Waals surface area contributed by atoms with Crippen LogP contribution in [-0.4, -0.2) is 48.8 Å². The molecule has 3 nitrogen and oxygen atoms in total. The molecule has 0 aromatic heterocycles. The molecule has 116 valence electrons. The Kier molecular flexibility index (Phi) is 5.00. The Morgan fingerprint density at radius 1 is 1.15 bits per heavy atom. The van der Waals surface area contributed by atoms with Gasteiger partial charge in [0.1, 0.15) is 0 Å². The van der Waals surface area contributed by atoms with E-state index in [4.69, 9.17) is 4.74 Å². The molecule has 1 aliphatic carbocycles. The van der Waals surface area contributed by atoms with E-state index in [1.807, 2.05) is 0 Å². The predicted octanol–water partition coefficient (Wildman–Crippen LogP) is 2.80. The topological polar surface area (TPSA) is 24.5 Å². The highest BCUT2D eigenvalue weighted by Gasteiger charge is 2.34. The SMILES string of the molecule is CCC1COC(C)CN1CC1CCC2CCCCC2N1. The van der Waals surface area contributed by atoms with Gasteiger partial charge in [-0.15, -0.1) is 0 Å². The van der Waals surface area contributed by atoms with Crippen molar-refractivity contribution in [1.82, 2.24) is 10.2 Å². The third-order valence-electron chi connectivity index (χ3n) is 5.75. The fraction of sp³-hybridized carbons (Fsp3) is 1.00. The summed E-state index contributed by atoms with van der Waals surface area (Å²) >= 11 is 0. The molecule has 2 heterocycles. The van der Waals surface area contributed by atoms with E-state index < -0.39 is 0 Å². The number of morpholine rings is 1. The minimum absolute atomic E-state index is 0.406. The molecule has 0 amide bonds. The monoisotopic (exact) mass is 280 g/mol. The molecule has 0 aromatic carbocycles. The fourth-order valence-electron chi connectivity index (χ4n) is 4.51. The molecule has 20 heavy (non-hydrogen) atoms. The minimum Gasteiger partial charge on any atom is -0.376 e. The van der Waals surface area contributed by atoms with Crippen LogP contribution >= 0.6 is 0 Å². The molecule has 0 bridgehead atoms. The van der Waals surface area contributed by atoms with Crippen LogP contribution < -0.4 is 5.32 Å². The Labute approximate surface area is 124 Å². The number of nitrogens with zero attached hydrogens (tertiary/aromatic N) is 1. The van der Waals surface area contributed by atoms with Crippen molar-refractivity contribution in [2.24, 2.45) is 5.92 Å². The van der Waals surface area contributed by atoms with Gasteiger partial charge in [0.05, 0.1) is 12.7 Å². The number of nitrogens with one attached hydrogen (secondary N) is 1. The third-order valence-corrected chi connectivity index (χ3v) is 5.75. The Morgan fingerprint density at radius 2 is 2.00 bits per heavy atom. The average Bonchev–Trinajstić information content (AvgIpc) is 2.47. The van der Waals surface area contributed by atoms with Crippen LogP contribution in [0.15, 0.2) is 0 Å². The molecule has 5 atom stereocenters. The van der Waals surface area contributed by atoms with Gasteiger partial charge < -0.3 is 10.1 Å². The van der Waals surface area contributed by atoms with Crippen molar-refractivity contribution in [3.05, 3.63) is 0 Å². The van der Waals surface area contributed by atoms with Crippen LogP contribution in [0.2, 0.25) is 0 Å². The van der Waals surface area contributed by atoms with Gasteiger partial charge in [0.25, 0.3) is 0 Å². The van der Waals surface area contributed by atoms with Gasteiger partial charge in [-0.1, -0.05) is 19.8 Å². The van der Waals surface area contributed by atoms with Crippen LogP contribution in [0.25, 0.3) is 0 Å². The minimum atomic E-state index is 0.406. The fourth-order valence-corrected chi connectivity index (χ4v) is 4.51. The van der Waals surface area contributed by atoms with E-state index in [1.165, 1.54) is 51.5 Å². The highest BCUT2D eigenvalue weighted by molar-refractivity contribution is 4.91. The molecule has 2 saturated heterocycles. The molecule has 1 N–H and O–H groups in total. The molecular formula is C17H32N2O. The zero-order valence-corrected chi connectivity index (χ0v) is 13.3. The van der Waals surface area contributed by atoms with Crippen molar-refractivity contribution in [2.75, 3.05) is 19.7 Å². The molecule has 3 rings (SSSR count). The smallest absolute Gasteiger partial charge is 0.0674 e. The molecule has 3 aliphatic rings. The lowest BCUT2D eigenvalue weighted by molar-refractivity contribution is -0.0607. The first-order valence-corrected chi connectivity index (χ1v) is 8.88. The standard InChI is InChI=1S/C17H32N2O/c1-3-16-12-20-13(2)10-19(16)11-15-9-8-14-6-4-5-7-17(14)18-15/h13-18H,3-12H2,1-2H3. The summed E-state index contributed by atoms with van der Waals surface area (Å²) in [6, 6.07) is 2.17. The summed E-state index contributed by atoms with van der Waals surface area (Å²) in [5.74, 6) is 0.977. The highest BCUT2D eigenvalue weighted by atomic mass is 16.5. The number of fused-ring (bicyclic) bond motifs is 1. The summed E-state index contributed by atoms with van der Waals surface area (Å²) in [7, 11) is 0. The van der Waals surface area contributed by atoms with Crippen molar-refractivity contribution in [3.8, 4) is 0 Å². The van der Waals surface area contributed by atoms with Gasteiger partial charge in [-0.25, -0.2) is 0 Å². The largest absolute Gasteiger partial charge is 0.376 e. The molecule has 2 aliphatic heterocycles. The Hall–Kier alpha value is -0.120. The number of hydrogen-bond acceptors (Lipinski definition) is 3. The average molecular weight is 280 g/mol. The summed E-state index contributed by atoms with van der Waals surface area (Å²) in [6.45, 7) is 7.78. The molecule has 0 spiro atoms. The lowest BCUT2D eigenvalue weighted by Gasteiger charge is -2.45. The highest BCUT2D eigenvalue weighted by Crippen LogP contribution is 2.32. The number of piperidine rings is 1. The quantitative estimate of drug-likeness (QED) is 0.860. The second-order valence-corrected chi connectivity index (χ2v) is 7.25. The van der Waals surface area contributed by atoms with E-state index in [1.54, 1.807) is 0 Å². The molecule has 1 saturated carbocycles. The second kappa shape index (κ2) is 6.76. The van der Waals surface area contributed by atoms with Gasteiger partial charge in [-0.05, 0) is 44.9 Å². The third kappa shape index (κ3) is 3.37. The van der Waals surface area contributed by atoms with Crippen LogP contribution in [-0.2, 0) is 4.74 Å². The van der Waals surface area contributed by atoms with E-state index in [-0.39, 0.29) is 0 Å². The molecule has 5 unspecified atom stereocenters. The zero-order valence-electron chi connectivity index (χ0n) is 13.3. The van der Waals surface area contributed by atoms with Crippen LogP contribution in [0.4, 0.5) is 0 Å². The summed E-state index contributed by atoms with van der Waals surface area (Å²) in [6.07, 6.45) is 10.2. The number of ether oxygens (including phenoxy) is 1. The first kappa shape index (κ1) is 14.8. The van der Waals surface area contributed by atoms with E-state index in [2.05, 4.69) is 24.1 Å². The summed E-state index contributed by atoms with van der Waals surface area (Å²) in [5, 5.41) is 3.98. The van der Waals surface area contributed by atoms with Crippen molar-refractivity contribution < 1.29 is 4.74 Å². The maximum atomic E-state index is 5.82. The summed E-state index contributed by atoms with van der Waals surface area (Å²) < 4.78 is 5.82. The van der Waals surface area contributed by atoms with Crippen LogP contribution in [0.1, 0.15) is 58.8 Å². The lowest BCUT2D eigenvalue weighted by atomic mass is 9.77. The number of rotatable bonds is 3. The van der Waals surface area contributed by atoms with E-state index in [0.717, 1.165) is 25.1 Å². The van der Waals surface area contributed by atoms with Gasteiger partial charge in [-0.2, -0.15) is 0 Å². The summed E-state index contributed by atoms with van der Waals surface area (Å²) in [4.78, 5) is 2.69. The first-order valence-electron chi connectivity index (χ1n) is 8.88. The maximum Gasteiger partial charge on any atom is 0.0674 e. The molecule has 0 radical (unpaired) electrons. The number of hydrogen-bond donors (Lipinski definition) is 1. The predicted molar refractivity (Wildman–Crippen MR) is 83.0 cm³/mol. The van der Waals surface area contributed by atoms with Crippen LogP contribution in [0.5, 0.6) is 0 Å². The lowest BCUT2D eigenvalue weighted by Crippen LogP contribution is -2.57. The Balaban J connectivity index is 1.54. The van der Waals surface area contributed by atoms with Gasteiger partial charge in [0, 0.05) is 31.2 Å². The second-order valence-electron chi connectivity index (χ2n) is 7.25. The van der Waals surface area contributed by atoms with Crippen molar-refractivity contribution in [3.63, 3.8) is 0 Å². The van der Waals surface area contributed by atoms with Crippen molar-refractivity contribution in [2.45, 2.75) is 83.0 Å². The van der Waals surface area contributed by atoms with Gasteiger partial charge in [-0.3, -0.25) is 4.90 Å². The maximum absolute atomic E-state index is 5.82. The first-order chi connectivity index (χ1) is 9.76. The van der Waals surface area contributed by atoms with Gasteiger partial charge in [0.15, 0.2) is 0 Å².